The van der Waals surface area contributed by atoms with Crippen molar-refractivity contribution in [1.29, 1.82) is 0 Å². The fourth-order valence-electron chi connectivity index (χ4n) is 2.30. The highest BCUT2D eigenvalue weighted by Gasteiger charge is 2.02. The average Bonchev–Trinajstić information content (AvgIpc) is 2.41. The molecule has 0 atom stereocenters. The SMILES string of the molecule is Cc1cccc(NCCN(C)Cc2ccccc2C)c1. The molecule has 2 rings (SSSR count). The van der Waals surface area contributed by atoms with E-state index in [0.29, 0.717) is 0 Å². The predicted molar refractivity (Wildman–Crippen MR) is 87.2 cm³/mol. The lowest BCUT2D eigenvalue weighted by molar-refractivity contribution is 0.339. The summed E-state index contributed by atoms with van der Waals surface area (Å²) in [5, 5.41) is 3.48. The number of nitrogens with one attached hydrogen (secondary N) is 1. The molecule has 0 aliphatic heterocycles. The molecule has 2 nitrogen and oxygen atoms in total. The molecular weight excluding hydrogens is 244 g/mol. The summed E-state index contributed by atoms with van der Waals surface area (Å²) in [6, 6.07) is 17.1. The molecule has 0 aromatic heterocycles. The van der Waals surface area contributed by atoms with Crippen molar-refractivity contribution in [3.63, 3.8) is 0 Å². The largest absolute Gasteiger partial charge is 0.384 e. The van der Waals surface area contributed by atoms with Crippen LogP contribution in [0, 0.1) is 13.8 Å². The lowest BCUT2D eigenvalue weighted by Gasteiger charge is -2.18. The molecule has 2 heteroatoms. The van der Waals surface area contributed by atoms with Gasteiger partial charge in [0.05, 0.1) is 0 Å². The minimum atomic E-state index is 0.964. The van der Waals surface area contributed by atoms with Crippen molar-refractivity contribution in [2.75, 3.05) is 25.5 Å². The van der Waals surface area contributed by atoms with Gasteiger partial charge in [0.2, 0.25) is 0 Å². The maximum Gasteiger partial charge on any atom is 0.0343 e. The van der Waals surface area contributed by atoms with Crippen LogP contribution in [-0.2, 0) is 6.54 Å². The summed E-state index contributed by atoms with van der Waals surface area (Å²) in [5.74, 6) is 0. The Hall–Kier alpha value is -1.80. The molecule has 0 aliphatic carbocycles. The normalized spacial score (nSPS) is 10.8. The average molecular weight is 268 g/mol. The monoisotopic (exact) mass is 268 g/mol. The van der Waals surface area contributed by atoms with Gasteiger partial charge in [-0.2, -0.15) is 0 Å². The third kappa shape index (κ3) is 4.39. The van der Waals surface area contributed by atoms with Crippen LogP contribution in [0.2, 0.25) is 0 Å². The van der Waals surface area contributed by atoms with Crippen LogP contribution in [0.25, 0.3) is 0 Å². The molecule has 2 aromatic rings. The highest BCUT2D eigenvalue weighted by atomic mass is 15.1. The molecule has 1 N–H and O–H groups in total. The van der Waals surface area contributed by atoms with E-state index in [2.05, 4.69) is 79.6 Å². The van der Waals surface area contributed by atoms with Crippen LogP contribution in [0.3, 0.4) is 0 Å². The number of nitrogens with zero attached hydrogens (tertiary/aromatic N) is 1. The Kier molecular flexibility index (Phi) is 5.19. The zero-order valence-electron chi connectivity index (χ0n) is 12.7. The Morgan fingerprint density at radius 1 is 1.00 bits per heavy atom. The third-order valence-corrected chi connectivity index (χ3v) is 3.54. The quantitative estimate of drug-likeness (QED) is 0.856. The van der Waals surface area contributed by atoms with Gasteiger partial charge in [0.15, 0.2) is 0 Å². The smallest absolute Gasteiger partial charge is 0.0343 e. The molecular formula is C18H24N2. The Bertz CT molecular complexity index is 549. The van der Waals surface area contributed by atoms with E-state index in [0.717, 1.165) is 19.6 Å². The van der Waals surface area contributed by atoms with E-state index in [4.69, 9.17) is 0 Å². The number of benzene rings is 2. The van der Waals surface area contributed by atoms with Gasteiger partial charge >= 0.3 is 0 Å². The minimum Gasteiger partial charge on any atom is -0.384 e. The number of aryl methyl sites for hydroxylation is 2. The Labute approximate surface area is 122 Å². The first-order valence-corrected chi connectivity index (χ1v) is 7.19. The Balaban J connectivity index is 1.78. The first kappa shape index (κ1) is 14.6. The molecule has 0 aliphatic rings. The number of likely N-dealkylation sites (N-methyl/N-ethyl adjacent to an activating group) is 1. The number of hydrogen-bond donors (Lipinski definition) is 1. The second-order valence-corrected chi connectivity index (χ2v) is 5.46. The van der Waals surface area contributed by atoms with Gasteiger partial charge in [-0.1, -0.05) is 36.4 Å². The molecule has 2 aromatic carbocycles. The topological polar surface area (TPSA) is 15.3 Å². The van der Waals surface area contributed by atoms with Crippen molar-refractivity contribution in [3.8, 4) is 0 Å². The molecule has 0 spiro atoms. The van der Waals surface area contributed by atoms with Crippen molar-refractivity contribution in [3.05, 3.63) is 65.2 Å². The van der Waals surface area contributed by atoms with Crippen LogP contribution in [0.4, 0.5) is 5.69 Å². The maximum absolute atomic E-state index is 3.48. The molecule has 0 heterocycles. The van der Waals surface area contributed by atoms with Crippen LogP contribution < -0.4 is 5.32 Å². The first-order chi connectivity index (χ1) is 9.65. The number of rotatable bonds is 6. The van der Waals surface area contributed by atoms with Crippen LogP contribution >= 0.6 is 0 Å². The minimum absolute atomic E-state index is 0.964. The molecule has 0 amide bonds. The van der Waals surface area contributed by atoms with Crippen LogP contribution in [0.5, 0.6) is 0 Å². The van der Waals surface area contributed by atoms with Crippen molar-refractivity contribution >= 4 is 5.69 Å². The van der Waals surface area contributed by atoms with E-state index in [1.165, 1.54) is 22.4 Å². The van der Waals surface area contributed by atoms with Crippen molar-refractivity contribution in [1.82, 2.24) is 4.90 Å². The highest BCUT2D eigenvalue weighted by Crippen LogP contribution is 2.10. The van der Waals surface area contributed by atoms with Gasteiger partial charge in [-0.15, -0.1) is 0 Å². The van der Waals surface area contributed by atoms with Gasteiger partial charge in [0, 0.05) is 25.3 Å². The summed E-state index contributed by atoms with van der Waals surface area (Å²) in [4.78, 5) is 2.35. The summed E-state index contributed by atoms with van der Waals surface area (Å²) >= 11 is 0. The van der Waals surface area contributed by atoms with E-state index in [-0.39, 0.29) is 0 Å². The molecule has 106 valence electrons. The van der Waals surface area contributed by atoms with Crippen LogP contribution in [0.1, 0.15) is 16.7 Å². The molecule has 0 saturated carbocycles. The fraction of sp³-hybridized carbons (Fsp3) is 0.333. The standard InChI is InChI=1S/C18H24N2/c1-15-7-6-10-18(13-15)19-11-12-20(3)14-17-9-5-4-8-16(17)2/h4-10,13,19H,11-12,14H2,1-3H3. The summed E-state index contributed by atoms with van der Waals surface area (Å²) in [6.07, 6.45) is 0. The highest BCUT2D eigenvalue weighted by molar-refractivity contribution is 5.45. The molecule has 0 radical (unpaired) electrons. The fourth-order valence-corrected chi connectivity index (χ4v) is 2.30. The number of anilines is 1. The van der Waals surface area contributed by atoms with Crippen LogP contribution in [-0.4, -0.2) is 25.0 Å². The maximum atomic E-state index is 3.48. The molecule has 0 fully saturated rings. The Morgan fingerprint density at radius 3 is 2.55 bits per heavy atom. The summed E-state index contributed by atoms with van der Waals surface area (Å²) in [6.45, 7) is 7.29. The van der Waals surface area contributed by atoms with E-state index < -0.39 is 0 Å². The first-order valence-electron chi connectivity index (χ1n) is 7.19. The zero-order chi connectivity index (χ0) is 14.4. The summed E-state index contributed by atoms with van der Waals surface area (Å²) in [5.41, 5.74) is 5.27. The lowest BCUT2D eigenvalue weighted by Crippen LogP contribution is -2.25. The van der Waals surface area contributed by atoms with E-state index in [1.54, 1.807) is 0 Å². The second-order valence-electron chi connectivity index (χ2n) is 5.46. The van der Waals surface area contributed by atoms with E-state index >= 15 is 0 Å². The summed E-state index contributed by atoms with van der Waals surface area (Å²) < 4.78 is 0. The second kappa shape index (κ2) is 7.11. The van der Waals surface area contributed by atoms with Gasteiger partial charge < -0.3 is 10.2 Å². The van der Waals surface area contributed by atoms with Crippen molar-refractivity contribution < 1.29 is 0 Å². The van der Waals surface area contributed by atoms with Crippen molar-refractivity contribution in [2.24, 2.45) is 0 Å². The van der Waals surface area contributed by atoms with Gasteiger partial charge in [0.1, 0.15) is 0 Å². The van der Waals surface area contributed by atoms with Gasteiger partial charge in [0.25, 0.3) is 0 Å². The third-order valence-electron chi connectivity index (χ3n) is 3.54. The van der Waals surface area contributed by atoms with Gasteiger partial charge in [-0.25, -0.2) is 0 Å². The summed E-state index contributed by atoms with van der Waals surface area (Å²) in [7, 11) is 2.17. The molecule has 0 bridgehead atoms. The lowest BCUT2D eigenvalue weighted by atomic mass is 10.1. The molecule has 0 saturated heterocycles. The van der Waals surface area contributed by atoms with E-state index in [1.807, 2.05) is 0 Å². The molecule has 0 unspecified atom stereocenters. The van der Waals surface area contributed by atoms with Crippen molar-refractivity contribution in [2.45, 2.75) is 20.4 Å². The van der Waals surface area contributed by atoms with E-state index in [9.17, 15) is 0 Å². The molecule has 20 heavy (non-hydrogen) atoms. The van der Waals surface area contributed by atoms with Crippen LogP contribution in [0.15, 0.2) is 48.5 Å². The Morgan fingerprint density at radius 2 is 1.80 bits per heavy atom. The zero-order valence-corrected chi connectivity index (χ0v) is 12.7. The number of hydrogen-bond acceptors (Lipinski definition) is 2. The van der Waals surface area contributed by atoms with Gasteiger partial charge in [-0.05, 0) is 49.7 Å². The van der Waals surface area contributed by atoms with Gasteiger partial charge in [-0.3, -0.25) is 0 Å². The predicted octanol–water partition coefficient (Wildman–Crippen LogP) is 3.85.